The molecule has 0 radical (unpaired) electrons. The number of aromatic nitrogens is 1. The number of thiazole rings is 1. The average Bonchev–Trinajstić information content (AvgIpc) is 2.82. The Bertz CT molecular complexity index is 538. The molecule has 0 spiro atoms. The molecule has 2 rings (SSSR count). The fraction of sp³-hybridized carbons (Fsp3) is 0.500. The molecular weight excluding hydrogens is 274 g/mol. The number of nitrogens with zero attached hydrogens (tertiary/aromatic N) is 2. The number of piperidine rings is 1. The van der Waals surface area contributed by atoms with Crippen LogP contribution in [0.4, 0.5) is 0 Å². The van der Waals surface area contributed by atoms with E-state index in [4.69, 9.17) is 5.73 Å². The minimum Gasteiger partial charge on any atom is -0.369 e. The lowest BCUT2D eigenvalue weighted by atomic mass is 9.93. The predicted molar refractivity (Wildman–Crippen MR) is 79.0 cm³/mol. The third-order valence-corrected chi connectivity index (χ3v) is 4.39. The zero-order valence-electron chi connectivity index (χ0n) is 11.7. The van der Waals surface area contributed by atoms with Gasteiger partial charge >= 0.3 is 0 Å². The largest absolute Gasteiger partial charge is 0.369 e. The highest BCUT2D eigenvalue weighted by Gasteiger charge is 2.30. The van der Waals surface area contributed by atoms with Gasteiger partial charge in [-0.1, -0.05) is 0 Å². The fourth-order valence-corrected chi connectivity index (χ4v) is 2.94. The van der Waals surface area contributed by atoms with Gasteiger partial charge in [0.15, 0.2) is 0 Å². The van der Waals surface area contributed by atoms with Crippen molar-refractivity contribution in [3.63, 3.8) is 0 Å². The molecule has 2 amide bonds. The van der Waals surface area contributed by atoms with Crippen LogP contribution in [0.1, 0.15) is 30.5 Å². The second kappa shape index (κ2) is 6.17. The summed E-state index contributed by atoms with van der Waals surface area (Å²) < 4.78 is 0. The van der Waals surface area contributed by atoms with Gasteiger partial charge in [-0.15, -0.1) is 11.3 Å². The summed E-state index contributed by atoms with van der Waals surface area (Å²) in [4.78, 5) is 29.5. The molecule has 1 aliphatic rings. The third kappa shape index (κ3) is 3.45. The number of carbonyl (C=O) groups excluding carboxylic acids is 2. The molecule has 1 aliphatic heterocycles. The molecule has 0 saturated carbocycles. The number of aryl methyl sites for hydroxylation is 1. The van der Waals surface area contributed by atoms with Gasteiger partial charge < -0.3 is 10.6 Å². The standard InChI is InChI=1S/C14H19N3O2S/c1-9-3-4-11(14(15)19)7-17(9)13(18)6-5-12-8-20-10(2)16-12/h5-6,8-9,11H,3-4,7H2,1-2H3,(H2,15,19)/b6-5+. The first-order valence-corrected chi connectivity index (χ1v) is 7.55. The van der Waals surface area contributed by atoms with E-state index in [-0.39, 0.29) is 23.8 Å². The maximum absolute atomic E-state index is 12.2. The summed E-state index contributed by atoms with van der Waals surface area (Å²) in [5.74, 6) is -0.645. The van der Waals surface area contributed by atoms with Gasteiger partial charge in [-0.05, 0) is 32.8 Å². The van der Waals surface area contributed by atoms with Crippen LogP contribution < -0.4 is 5.73 Å². The van der Waals surface area contributed by atoms with Gasteiger partial charge in [0, 0.05) is 24.0 Å². The van der Waals surface area contributed by atoms with E-state index in [1.54, 1.807) is 22.3 Å². The highest BCUT2D eigenvalue weighted by Crippen LogP contribution is 2.22. The molecule has 5 nitrogen and oxygen atoms in total. The lowest BCUT2D eigenvalue weighted by Crippen LogP contribution is -2.48. The zero-order chi connectivity index (χ0) is 14.7. The number of nitrogens with two attached hydrogens (primary N) is 1. The molecule has 1 fully saturated rings. The maximum atomic E-state index is 12.2. The summed E-state index contributed by atoms with van der Waals surface area (Å²) in [7, 11) is 0. The van der Waals surface area contributed by atoms with Crippen molar-refractivity contribution < 1.29 is 9.59 Å². The molecule has 1 saturated heterocycles. The summed E-state index contributed by atoms with van der Waals surface area (Å²) in [5.41, 5.74) is 6.13. The van der Waals surface area contributed by atoms with Gasteiger partial charge in [0.05, 0.1) is 16.6 Å². The molecule has 2 heterocycles. The maximum Gasteiger partial charge on any atom is 0.246 e. The SMILES string of the molecule is Cc1nc(/C=C/C(=O)N2CC(C(N)=O)CCC2C)cs1. The second-order valence-corrected chi connectivity index (χ2v) is 6.20. The van der Waals surface area contributed by atoms with Crippen molar-refractivity contribution >= 4 is 29.2 Å². The van der Waals surface area contributed by atoms with Crippen molar-refractivity contribution in [3.8, 4) is 0 Å². The highest BCUT2D eigenvalue weighted by molar-refractivity contribution is 7.09. The van der Waals surface area contributed by atoms with Gasteiger partial charge in [0.2, 0.25) is 11.8 Å². The van der Waals surface area contributed by atoms with Crippen molar-refractivity contribution in [3.05, 3.63) is 22.2 Å². The Balaban J connectivity index is 2.03. The number of likely N-dealkylation sites (tertiary alicyclic amines) is 1. The molecule has 108 valence electrons. The molecule has 0 bridgehead atoms. The first-order valence-electron chi connectivity index (χ1n) is 6.67. The number of rotatable bonds is 3. The first-order chi connectivity index (χ1) is 9.47. The van der Waals surface area contributed by atoms with Crippen LogP contribution in [0.15, 0.2) is 11.5 Å². The Labute approximate surface area is 122 Å². The van der Waals surface area contributed by atoms with Crippen LogP contribution in [0.25, 0.3) is 6.08 Å². The van der Waals surface area contributed by atoms with E-state index in [0.29, 0.717) is 6.54 Å². The van der Waals surface area contributed by atoms with E-state index in [9.17, 15) is 9.59 Å². The van der Waals surface area contributed by atoms with E-state index in [1.165, 1.54) is 6.08 Å². The summed E-state index contributed by atoms with van der Waals surface area (Å²) in [6.45, 7) is 4.33. The molecule has 2 N–H and O–H groups in total. The zero-order valence-corrected chi connectivity index (χ0v) is 12.5. The molecule has 1 aromatic rings. The van der Waals surface area contributed by atoms with Crippen LogP contribution in [-0.4, -0.2) is 34.3 Å². The first kappa shape index (κ1) is 14.7. The smallest absolute Gasteiger partial charge is 0.246 e. The van der Waals surface area contributed by atoms with Crippen molar-refractivity contribution in [2.45, 2.75) is 32.7 Å². The molecular formula is C14H19N3O2S. The molecule has 2 atom stereocenters. The Morgan fingerprint density at radius 2 is 2.25 bits per heavy atom. The number of hydrogen-bond acceptors (Lipinski definition) is 4. The number of primary amides is 1. The summed E-state index contributed by atoms with van der Waals surface area (Å²) in [5, 5.41) is 2.88. The van der Waals surface area contributed by atoms with Crippen LogP contribution in [0.5, 0.6) is 0 Å². The van der Waals surface area contributed by atoms with Gasteiger partial charge in [0.1, 0.15) is 0 Å². The van der Waals surface area contributed by atoms with Crippen LogP contribution in [0.2, 0.25) is 0 Å². The van der Waals surface area contributed by atoms with Gasteiger partial charge in [-0.2, -0.15) is 0 Å². The van der Waals surface area contributed by atoms with Gasteiger partial charge in [-0.25, -0.2) is 4.98 Å². The molecule has 2 unspecified atom stereocenters. The van der Waals surface area contributed by atoms with Gasteiger partial charge in [-0.3, -0.25) is 9.59 Å². The van der Waals surface area contributed by atoms with Crippen LogP contribution in [0.3, 0.4) is 0 Å². The van der Waals surface area contributed by atoms with Crippen molar-refractivity contribution in [2.24, 2.45) is 11.7 Å². The van der Waals surface area contributed by atoms with Crippen molar-refractivity contribution in [1.82, 2.24) is 9.88 Å². The minimum absolute atomic E-state index is 0.0888. The number of carbonyl (C=O) groups is 2. The monoisotopic (exact) mass is 293 g/mol. The van der Waals surface area contributed by atoms with E-state index in [0.717, 1.165) is 23.5 Å². The lowest BCUT2D eigenvalue weighted by molar-refractivity contribution is -0.133. The average molecular weight is 293 g/mol. The highest BCUT2D eigenvalue weighted by atomic mass is 32.1. The molecule has 20 heavy (non-hydrogen) atoms. The topological polar surface area (TPSA) is 76.3 Å². The molecule has 1 aromatic heterocycles. The summed E-state index contributed by atoms with van der Waals surface area (Å²) in [6.07, 6.45) is 4.80. The minimum atomic E-state index is -0.325. The quantitative estimate of drug-likeness (QED) is 0.860. The van der Waals surface area contributed by atoms with Crippen molar-refractivity contribution in [1.29, 1.82) is 0 Å². The third-order valence-electron chi connectivity index (χ3n) is 3.60. The second-order valence-electron chi connectivity index (χ2n) is 5.14. The Kier molecular flexibility index (Phi) is 4.54. The predicted octanol–water partition coefficient (Wildman–Crippen LogP) is 1.58. The fourth-order valence-electron chi connectivity index (χ4n) is 2.36. The molecule has 0 aliphatic carbocycles. The van der Waals surface area contributed by atoms with E-state index in [1.807, 2.05) is 19.2 Å². The molecule has 0 aromatic carbocycles. The molecule has 6 heteroatoms. The number of amides is 2. The summed E-state index contributed by atoms with van der Waals surface area (Å²) >= 11 is 1.55. The Morgan fingerprint density at radius 1 is 1.50 bits per heavy atom. The Hall–Kier alpha value is -1.69. The van der Waals surface area contributed by atoms with Crippen LogP contribution in [0, 0.1) is 12.8 Å². The van der Waals surface area contributed by atoms with E-state index in [2.05, 4.69) is 4.98 Å². The number of hydrogen-bond donors (Lipinski definition) is 1. The normalized spacial score (nSPS) is 23.2. The Morgan fingerprint density at radius 3 is 2.85 bits per heavy atom. The summed E-state index contributed by atoms with van der Waals surface area (Å²) in [6, 6.07) is 0.139. The van der Waals surface area contributed by atoms with E-state index < -0.39 is 0 Å². The van der Waals surface area contributed by atoms with E-state index >= 15 is 0 Å². The van der Waals surface area contributed by atoms with Crippen LogP contribution >= 0.6 is 11.3 Å². The lowest BCUT2D eigenvalue weighted by Gasteiger charge is -2.36. The van der Waals surface area contributed by atoms with Crippen LogP contribution in [-0.2, 0) is 9.59 Å². The van der Waals surface area contributed by atoms with Gasteiger partial charge in [0.25, 0.3) is 0 Å². The van der Waals surface area contributed by atoms with Crippen molar-refractivity contribution in [2.75, 3.05) is 6.54 Å².